The zero-order chi connectivity index (χ0) is 15.3. The molecule has 0 aliphatic heterocycles. The van der Waals surface area contributed by atoms with Crippen molar-refractivity contribution in [3.05, 3.63) is 96.6 Å². The third-order valence-corrected chi connectivity index (χ3v) is 7.37. The molecule has 0 atom stereocenters. The number of rotatable bonds is 4. The van der Waals surface area contributed by atoms with Gasteiger partial charge in [0.05, 0.1) is 0 Å². The highest BCUT2D eigenvalue weighted by atomic mass is 32.4. The molecule has 0 radical (unpaired) electrons. The minimum atomic E-state index is -2.19. The van der Waals surface area contributed by atoms with Crippen molar-refractivity contribution in [2.75, 3.05) is 0 Å². The predicted molar refractivity (Wildman–Crippen MR) is 100 cm³/mol. The van der Waals surface area contributed by atoms with E-state index in [9.17, 15) is 0 Å². The van der Waals surface area contributed by atoms with Crippen LogP contribution in [0.5, 0.6) is 0 Å². The van der Waals surface area contributed by atoms with Gasteiger partial charge in [-0.2, -0.15) is 0 Å². The highest BCUT2D eigenvalue weighted by molar-refractivity contribution is 8.21. The third-order valence-electron chi connectivity index (χ3n) is 3.38. The Morgan fingerprint density at radius 3 is 1.50 bits per heavy atom. The van der Waals surface area contributed by atoms with Crippen LogP contribution in [0.1, 0.15) is 5.56 Å². The topological polar surface area (TPSA) is 12.4 Å². The van der Waals surface area contributed by atoms with Crippen LogP contribution in [0.3, 0.4) is 0 Å². The van der Waals surface area contributed by atoms with E-state index in [1.165, 1.54) is 0 Å². The van der Waals surface area contributed by atoms with Gasteiger partial charge in [0.15, 0.2) is 0 Å². The van der Waals surface area contributed by atoms with Crippen LogP contribution in [-0.2, 0) is 11.8 Å². The zero-order valence-electron chi connectivity index (χ0n) is 12.0. The van der Waals surface area contributed by atoms with Gasteiger partial charge in [0.25, 0.3) is 0 Å². The third kappa shape index (κ3) is 3.24. The van der Waals surface area contributed by atoms with Crippen molar-refractivity contribution in [1.82, 2.24) is 0 Å². The number of benzene rings is 3. The van der Waals surface area contributed by atoms with E-state index in [1.807, 2.05) is 72.9 Å². The van der Waals surface area contributed by atoms with Gasteiger partial charge in [0.1, 0.15) is 6.19 Å². The molecule has 0 heterocycles. The fourth-order valence-electron chi connectivity index (χ4n) is 2.23. The highest BCUT2D eigenvalue weighted by Gasteiger charge is 2.20. The molecule has 0 fully saturated rings. The second-order valence-corrected chi connectivity index (χ2v) is 8.90. The van der Waals surface area contributed by atoms with Crippen molar-refractivity contribution in [3.63, 3.8) is 0 Å². The number of hydrogen-bond donors (Lipinski definition) is 0. The number of nitrogens with zero attached hydrogens (tertiary/aromatic N) is 1. The lowest BCUT2D eigenvalue weighted by Crippen LogP contribution is -2.14. The smallest absolute Gasteiger partial charge is 0.112 e. The fraction of sp³-hybridized carbons (Fsp3) is 0. The molecular weight excluding hydrogens is 305 g/mol. The van der Waals surface area contributed by atoms with Crippen LogP contribution >= 0.6 is 6.19 Å². The van der Waals surface area contributed by atoms with E-state index in [1.54, 1.807) is 0 Å². The van der Waals surface area contributed by atoms with E-state index in [0.29, 0.717) is 0 Å². The van der Waals surface area contributed by atoms with Gasteiger partial charge in [-0.15, -0.1) is 0 Å². The van der Waals surface area contributed by atoms with Gasteiger partial charge >= 0.3 is 0 Å². The molecule has 3 heteroatoms. The van der Waals surface area contributed by atoms with E-state index in [-0.39, 0.29) is 0 Å². The molecule has 0 unspecified atom stereocenters. The van der Waals surface area contributed by atoms with Crippen molar-refractivity contribution in [1.29, 1.82) is 0 Å². The molecule has 3 aromatic carbocycles. The molecule has 0 amide bonds. The standard InChI is InChI=1S/C19H16NPS/c22-21(18-12-6-2-7-13-18,19-14-8-3-9-15-19)20-16-17-10-4-1-5-11-17/h1-16H/b20-16+. The predicted octanol–water partition coefficient (Wildman–Crippen LogP) is 4.15. The normalized spacial score (nSPS) is 11.6. The van der Waals surface area contributed by atoms with E-state index in [4.69, 9.17) is 16.6 Å². The van der Waals surface area contributed by atoms with E-state index in [2.05, 4.69) is 24.3 Å². The zero-order valence-corrected chi connectivity index (χ0v) is 13.8. The molecule has 3 aromatic rings. The summed E-state index contributed by atoms with van der Waals surface area (Å²) in [6.07, 6.45) is -0.283. The Morgan fingerprint density at radius 1 is 0.636 bits per heavy atom. The first-order valence-corrected chi connectivity index (χ1v) is 9.86. The van der Waals surface area contributed by atoms with Crippen molar-refractivity contribution in [3.8, 4) is 0 Å². The summed E-state index contributed by atoms with van der Waals surface area (Å²) in [7, 11) is 0. The van der Waals surface area contributed by atoms with Gasteiger partial charge in [-0.05, 0) is 5.56 Å². The van der Waals surface area contributed by atoms with Crippen LogP contribution in [0.2, 0.25) is 0 Å². The second kappa shape index (κ2) is 6.83. The Balaban J connectivity index is 2.09. The van der Waals surface area contributed by atoms with Crippen LogP contribution < -0.4 is 10.6 Å². The number of hydrogen-bond acceptors (Lipinski definition) is 1. The molecule has 0 aliphatic carbocycles. The lowest BCUT2D eigenvalue weighted by molar-refractivity contribution is 1.66. The van der Waals surface area contributed by atoms with Gasteiger partial charge in [0, 0.05) is 16.8 Å². The Morgan fingerprint density at radius 2 is 1.05 bits per heavy atom. The summed E-state index contributed by atoms with van der Waals surface area (Å²) in [6.45, 7) is 0. The Bertz CT molecular complexity index is 755. The minimum Gasteiger partial charge on any atom is -0.251 e. The summed E-state index contributed by atoms with van der Waals surface area (Å²) in [5.74, 6) is 0. The molecule has 1 nitrogen and oxygen atoms in total. The molecule has 22 heavy (non-hydrogen) atoms. The SMILES string of the molecule is S=P(/N=C/c1ccccc1)(c1ccccc1)c1ccccc1. The van der Waals surface area contributed by atoms with Crippen molar-refractivity contribution < 1.29 is 0 Å². The molecular formula is C19H16NPS. The molecule has 0 aromatic heterocycles. The second-order valence-electron chi connectivity index (χ2n) is 4.90. The van der Waals surface area contributed by atoms with Gasteiger partial charge in [-0.25, -0.2) is 0 Å². The summed E-state index contributed by atoms with van der Waals surface area (Å²) in [4.78, 5) is 0. The van der Waals surface area contributed by atoms with Gasteiger partial charge in [-0.3, -0.25) is 4.76 Å². The van der Waals surface area contributed by atoms with Crippen LogP contribution in [0.25, 0.3) is 0 Å². The van der Waals surface area contributed by atoms with Crippen molar-refractivity contribution in [2.24, 2.45) is 4.76 Å². The minimum absolute atomic E-state index is 1.07. The maximum absolute atomic E-state index is 6.05. The van der Waals surface area contributed by atoms with Gasteiger partial charge < -0.3 is 0 Å². The Kier molecular flexibility index (Phi) is 4.62. The molecule has 108 valence electrons. The van der Waals surface area contributed by atoms with Gasteiger partial charge in [-0.1, -0.05) is 103 Å². The average Bonchev–Trinajstić information content (AvgIpc) is 2.62. The average molecular weight is 321 g/mol. The molecule has 3 rings (SSSR count). The van der Waals surface area contributed by atoms with Crippen LogP contribution in [0, 0.1) is 0 Å². The van der Waals surface area contributed by atoms with E-state index < -0.39 is 6.19 Å². The first-order valence-electron chi connectivity index (χ1n) is 7.11. The largest absolute Gasteiger partial charge is 0.251 e. The Labute approximate surface area is 136 Å². The molecule has 0 aliphatic rings. The summed E-state index contributed by atoms with van der Waals surface area (Å²) in [5, 5.41) is 2.23. The summed E-state index contributed by atoms with van der Waals surface area (Å²) < 4.78 is 4.87. The first-order chi connectivity index (χ1) is 10.8. The lowest BCUT2D eigenvalue weighted by Gasteiger charge is -2.18. The van der Waals surface area contributed by atoms with Gasteiger partial charge in [0.2, 0.25) is 0 Å². The summed E-state index contributed by atoms with van der Waals surface area (Å²) in [5.41, 5.74) is 1.07. The fourth-order valence-corrected chi connectivity index (χ4v) is 5.11. The quantitative estimate of drug-likeness (QED) is 0.519. The summed E-state index contributed by atoms with van der Waals surface area (Å²) in [6, 6.07) is 30.5. The van der Waals surface area contributed by atoms with E-state index in [0.717, 1.165) is 16.2 Å². The monoisotopic (exact) mass is 321 g/mol. The van der Waals surface area contributed by atoms with Crippen LogP contribution in [0.4, 0.5) is 0 Å². The summed E-state index contributed by atoms with van der Waals surface area (Å²) >= 11 is 6.05. The maximum Gasteiger partial charge on any atom is 0.112 e. The van der Waals surface area contributed by atoms with E-state index >= 15 is 0 Å². The molecule has 0 N–H and O–H groups in total. The Hall–Kier alpha value is -2.02. The molecule has 0 saturated carbocycles. The van der Waals surface area contributed by atoms with Crippen LogP contribution in [0.15, 0.2) is 95.8 Å². The first kappa shape index (κ1) is 14.9. The molecule has 0 bridgehead atoms. The van der Waals surface area contributed by atoms with Crippen molar-refractivity contribution >= 4 is 34.8 Å². The highest BCUT2D eigenvalue weighted by Crippen LogP contribution is 2.45. The van der Waals surface area contributed by atoms with Crippen molar-refractivity contribution in [2.45, 2.75) is 0 Å². The molecule has 0 spiro atoms. The van der Waals surface area contributed by atoms with Crippen LogP contribution in [-0.4, -0.2) is 6.21 Å². The molecule has 0 saturated heterocycles. The maximum atomic E-state index is 6.05. The lowest BCUT2D eigenvalue weighted by atomic mass is 10.2.